The van der Waals surface area contributed by atoms with Crippen molar-refractivity contribution in [3.05, 3.63) is 59.8 Å². The standard InChI is InChI=1S/C19H22N4O/c1-13(9-10-16-7-6-12-24-16)21-18-14(2)15(3)22-19(23-18)17-8-4-5-11-20-17/h4-8,11-13H,9-10H2,1-3H3,(H,21,22,23). The summed E-state index contributed by atoms with van der Waals surface area (Å²) < 4.78 is 5.39. The third-order valence-corrected chi connectivity index (χ3v) is 4.07. The number of furan rings is 1. The monoisotopic (exact) mass is 322 g/mol. The van der Waals surface area contributed by atoms with E-state index < -0.39 is 0 Å². The predicted octanol–water partition coefficient (Wildman–Crippen LogP) is 4.18. The van der Waals surface area contributed by atoms with Gasteiger partial charge in [0.05, 0.1) is 6.26 Å². The van der Waals surface area contributed by atoms with E-state index in [0.29, 0.717) is 5.82 Å². The molecule has 5 heteroatoms. The average molecular weight is 322 g/mol. The summed E-state index contributed by atoms with van der Waals surface area (Å²) in [6, 6.07) is 9.96. The molecule has 0 fully saturated rings. The minimum atomic E-state index is 0.277. The Morgan fingerprint density at radius 1 is 1.12 bits per heavy atom. The zero-order valence-electron chi connectivity index (χ0n) is 14.3. The van der Waals surface area contributed by atoms with Crippen LogP contribution in [-0.4, -0.2) is 21.0 Å². The van der Waals surface area contributed by atoms with E-state index in [1.807, 2.05) is 44.2 Å². The first-order chi connectivity index (χ1) is 11.6. The minimum absolute atomic E-state index is 0.277. The smallest absolute Gasteiger partial charge is 0.180 e. The molecule has 0 aliphatic rings. The fourth-order valence-electron chi connectivity index (χ4n) is 2.50. The van der Waals surface area contributed by atoms with Gasteiger partial charge in [-0.05, 0) is 51.5 Å². The minimum Gasteiger partial charge on any atom is -0.469 e. The summed E-state index contributed by atoms with van der Waals surface area (Å²) in [5.41, 5.74) is 2.82. The zero-order chi connectivity index (χ0) is 16.9. The highest BCUT2D eigenvalue weighted by molar-refractivity contribution is 5.56. The lowest BCUT2D eigenvalue weighted by atomic mass is 10.1. The van der Waals surface area contributed by atoms with Crippen molar-refractivity contribution in [1.82, 2.24) is 15.0 Å². The number of nitrogens with zero attached hydrogens (tertiary/aromatic N) is 3. The number of pyridine rings is 1. The summed E-state index contributed by atoms with van der Waals surface area (Å²) in [5, 5.41) is 3.50. The normalized spacial score (nSPS) is 12.1. The molecule has 0 bridgehead atoms. The van der Waals surface area contributed by atoms with Gasteiger partial charge in [0.1, 0.15) is 17.3 Å². The van der Waals surface area contributed by atoms with Crippen LogP contribution in [0.5, 0.6) is 0 Å². The van der Waals surface area contributed by atoms with E-state index in [1.54, 1.807) is 12.5 Å². The molecule has 5 nitrogen and oxygen atoms in total. The number of aryl methyl sites for hydroxylation is 2. The van der Waals surface area contributed by atoms with E-state index in [2.05, 4.69) is 27.2 Å². The zero-order valence-corrected chi connectivity index (χ0v) is 14.3. The molecule has 0 aliphatic carbocycles. The summed E-state index contributed by atoms with van der Waals surface area (Å²) >= 11 is 0. The summed E-state index contributed by atoms with van der Waals surface area (Å²) in [6.45, 7) is 6.20. The van der Waals surface area contributed by atoms with Crippen molar-refractivity contribution in [2.45, 2.75) is 39.7 Å². The SMILES string of the molecule is Cc1nc(-c2ccccn2)nc(NC(C)CCc2ccco2)c1C. The Balaban J connectivity index is 1.75. The molecule has 0 aliphatic heterocycles. The number of aromatic nitrogens is 3. The molecule has 0 aromatic carbocycles. The molecule has 0 amide bonds. The lowest BCUT2D eigenvalue weighted by Gasteiger charge is -2.17. The van der Waals surface area contributed by atoms with E-state index in [-0.39, 0.29) is 6.04 Å². The van der Waals surface area contributed by atoms with E-state index >= 15 is 0 Å². The van der Waals surface area contributed by atoms with E-state index in [9.17, 15) is 0 Å². The molecule has 0 saturated heterocycles. The van der Waals surface area contributed by atoms with Gasteiger partial charge in [0, 0.05) is 29.9 Å². The Labute approximate surface area is 142 Å². The molecule has 124 valence electrons. The van der Waals surface area contributed by atoms with Gasteiger partial charge in [-0.1, -0.05) is 6.07 Å². The highest BCUT2D eigenvalue weighted by Gasteiger charge is 2.13. The maximum Gasteiger partial charge on any atom is 0.180 e. The second kappa shape index (κ2) is 7.25. The fraction of sp³-hybridized carbons (Fsp3) is 0.316. The van der Waals surface area contributed by atoms with Gasteiger partial charge < -0.3 is 9.73 Å². The average Bonchev–Trinajstić information content (AvgIpc) is 3.11. The summed E-state index contributed by atoms with van der Waals surface area (Å²) in [4.78, 5) is 13.6. The Bertz CT molecular complexity index is 785. The third-order valence-electron chi connectivity index (χ3n) is 4.07. The van der Waals surface area contributed by atoms with Crippen LogP contribution in [0.15, 0.2) is 47.2 Å². The second-order valence-corrected chi connectivity index (χ2v) is 5.98. The predicted molar refractivity (Wildman–Crippen MR) is 94.9 cm³/mol. The van der Waals surface area contributed by atoms with Gasteiger partial charge in [-0.15, -0.1) is 0 Å². The topological polar surface area (TPSA) is 63.8 Å². The lowest BCUT2D eigenvalue weighted by molar-refractivity contribution is 0.495. The highest BCUT2D eigenvalue weighted by atomic mass is 16.3. The second-order valence-electron chi connectivity index (χ2n) is 5.98. The Kier molecular flexibility index (Phi) is 4.89. The first kappa shape index (κ1) is 16.2. The van der Waals surface area contributed by atoms with Crippen LogP contribution in [0, 0.1) is 13.8 Å². The van der Waals surface area contributed by atoms with Gasteiger partial charge in [0.2, 0.25) is 0 Å². The van der Waals surface area contributed by atoms with Crippen LogP contribution >= 0.6 is 0 Å². The maximum absolute atomic E-state index is 5.39. The molecular formula is C19H22N4O. The summed E-state index contributed by atoms with van der Waals surface area (Å²) in [5.74, 6) is 2.53. The molecule has 3 heterocycles. The number of nitrogens with one attached hydrogen (secondary N) is 1. The first-order valence-corrected chi connectivity index (χ1v) is 8.19. The van der Waals surface area contributed by atoms with Gasteiger partial charge in [0.25, 0.3) is 0 Å². The molecule has 0 radical (unpaired) electrons. The quantitative estimate of drug-likeness (QED) is 0.737. The van der Waals surface area contributed by atoms with Crippen LogP contribution in [0.1, 0.15) is 30.4 Å². The van der Waals surface area contributed by atoms with Crippen molar-refractivity contribution >= 4 is 5.82 Å². The molecule has 0 spiro atoms. The number of hydrogen-bond acceptors (Lipinski definition) is 5. The van der Waals surface area contributed by atoms with Crippen molar-refractivity contribution < 1.29 is 4.42 Å². The Morgan fingerprint density at radius 3 is 2.71 bits per heavy atom. The number of hydrogen-bond donors (Lipinski definition) is 1. The molecule has 3 aromatic rings. The first-order valence-electron chi connectivity index (χ1n) is 8.19. The van der Waals surface area contributed by atoms with Crippen molar-refractivity contribution in [2.24, 2.45) is 0 Å². The molecule has 24 heavy (non-hydrogen) atoms. The molecule has 3 rings (SSSR count). The molecule has 1 N–H and O–H groups in total. The van der Waals surface area contributed by atoms with Gasteiger partial charge in [0.15, 0.2) is 5.82 Å². The van der Waals surface area contributed by atoms with Crippen LogP contribution < -0.4 is 5.32 Å². The summed E-state index contributed by atoms with van der Waals surface area (Å²) in [7, 11) is 0. The highest BCUT2D eigenvalue weighted by Crippen LogP contribution is 2.21. The van der Waals surface area contributed by atoms with Crippen LogP contribution in [0.25, 0.3) is 11.5 Å². The Morgan fingerprint density at radius 2 is 2.00 bits per heavy atom. The van der Waals surface area contributed by atoms with Crippen molar-refractivity contribution in [3.8, 4) is 11.5 Å². The van der Waals surface area contributed by atoms with Crippen LogP contribution in [0.2, 0.25) is 0 Å². The largest absolute Gasteiger partial charge is 0.469 e. The molecule has 0 saturated carbocycles. The third kappa shape index (κ3) is 3.79. The van der Waals surface area contributed by atoms with Gasteiger partial charge in [-0.2, -0.15) is 0 Å². The van der Waals surface area contributed by atoms with Crippen LogP contribution in [0.3, 0.4) is 0 Å². The van der Waals surface area contributed by atoms with Crippen molar-refractivity contribution in [1.29, 1.82) is 0 Å². The number of rotatable bonds is 6. The number of anilines is 1. The van der Waals surface area contributed by atoms with E-state index in [0.717, 1.165) is 41.4 Å². The molecule has 3 aromatic heterocycles. The summed E-state index contributed by atoms with van der Waals surface area (Å²) in [6.07, 6.45) is 5.34. The fourth-order valence-corrected chi connectivity index (χ4v) is 2.50. The van der Waals surface area contributed by atoms with Gasteiger partial charge >= 0.3 is 0 Å². The van der Waals surface area contributed by atoms with Crippen molar-refractivity contribution in [2.75, 3.05) is 5.32 Å². The maximum atomic E-state index is 5.39. The molecule has 1 atom stereocenters. The lowest BCUT2D eigenvalue weighted by Crippen LogP contribution is -2.18. The molecule has 1 unspecified atom stereocenters. The van der Waals surface area contributed by atoms with Gasteiger partial charge in [-0.3, -0.25) is 4.98 Å². The molecular weight excluding hydrogens is 300 g/mol. The van der Waals surface area contributed by atoms with Crippen LogP contribution in [0.4, 0.5) is 5.82 Å². The van der Waals surface area contributed by atoms with E-state index in [4.69, 9.17) is 4.42 Å². The van der Waals surface area contributed by atoms with Crippen molar-refractivity contribution in [3.63, 3.8) is 0 Å². The Hall–Kier alpha value is -2.69. The van der Waals surface area contributed by atoms with Crippen LogP contribution in [-0.2, 0) is 6.42 Å². The van der Waals surface area contributed by atoms with E-state index in [1.165, 1.54) is 0 Å². The van der Waals surface area contributed by atoms with Gasteiger partial charge in [-0.25, -0.2) is 9.97 Å².